The van der Waals surface area contributed by atoms with E-state index in [4.69, 9.17) is 9.47 Å². The number of hydrogen-bond acceptors (Lipinski definition) is 7. The summed E-state index contributed by atoms with van der Waals surface area (Å²) in [5, 5.41) is 3.34. The molecule has 0 spiro atoms. The Hall–Kier alpha value is -3.33. The zero-order chi connectivity index (χ0) is 25.5. The molecule has 1 N–H and O–H groups in total. The van der Waals surface area contributed by atoms with Gasteiger partial charge >= 0.3 is 5.97 Å². The van der Waals surface area contributed by atoms with E-state index < -0.39 is 11.2 Å². The van der Waals surface area contributed by atoms with Gasteiger partial charge in [0.05, 0.1) is 35.9 Å². The molecule has 2 aromatic carbocycles. The van der Waals surface area contributed by atoms with Gasteiger partial charge in [-0.1, -0.05) is 37.7 Å². The van der Waals surface area contributed by atoms with E-state index in [1.54, 1.807) is 36.8 Å². The Labute approximate surface area is 209 Å². The predicted molar refractivity (Wildman–Crippen MR) is 137 cm³/mol. The SMILES string of the molecule is COC(=O)c1ccc2c(=O)n(CC(C)C)c(SC(C)C(=O)NCCc3ccc(OC)cc3)nc2c1. The maximum Gasteiger partial charge on any atom is 0.337 e. The van der Waals surface area contributed by atoms with E-state index in [1.807, 2.05) is 38.1 Å². The Morgan fingerprint density at radius 3 is 2.43 bits per heavy atom. The number of fused-ring (bicyclic) bond motifs is 1. The minimum absolute atomic E-state index is 0.141. The van der Waals surface area contributed by atoms with Crippen LogP contribution in [0.4, 0.5) is 0 Å². The van der Waals surface area contributed by atoms with Gasteiger partial charge in [-0.15, -0.1) is 0 Å². The second-order valence-electron chi connectivity index (χ2n) is 8.58. The molecule has 0 bridgehead atoms. The highest BCUT2D eigenvalue weighted by molar-refractivity contribution is 8.00. The average Bonchev–Trinajstić information content (AvgIpc) is 2.85. The molecule has 1 atom stereocenters. The molecule has 1 heterocycles. The van der Waals surface area contributed by atoms with E-state index in [0.29, 0.717) is 41.1 Å². The van der Waals surface area contributed by atoms with Gasteiger partial charge in [0.15, 0.2) is 5.16 Å². The van der Waals surface area contributed by atoms with Gasteiger partial charge in [-0.2, -0.15) is 0 Å². The standard InChI is InChI=1S/C26H31N3O5S/c1-16(2)15-29-24(31)21-11-8-19(25(32)34-5)14-22(21)28-26(29)35-17(3)23(30)27-13-12-18-6-9-20(33-4)10-7-18/h6-11,14,16-17H,12-13,15H2,1-5H3,(H,27,30). The van der Waals surface area contributed by atoms with Gasteiger partial charge in [0.2, 0.25) is 5.91 Å². The summed E-state index contributed by atoms with van der Waals surface area (Å²) in [7, 11) is 2.92. The molecule has 1 amide bonds. The molecular formula is C26H31N3O5S. The quantitative estimate of drug-likeness (QED) is 0.259. The van der Waals surface area contributed by atoms with Gasteiger partial charge in [0.1, 0.15) is 5.75 Å². The third kappa shape index (κ3) is 6.63. The second-order valence-corrected chi connectivity index (χ2v) is 9.88. The van der Waals surface area contributed by atoms with Crippen LogP contribution >= 0.6 is 11.8 Å². The Balaban J connectivity index is 1.78. The Morgan fingerprint density at radius 1 is 1.09 bits per heavy atom. The van der Waals surface area contributed by atoms with Gasteiger partial charge in [0, 0.05) is 13.1 Å². The van der Waals surface area contributed by atoms with Gasteiger partial charge in [-0.3, -0.25) is 14.2 Å². The van der Waals surface area contributed by atoms with Gasteiger partial charge in [-0.25, -0.2) is 9.78 Å². The van der Waals surface area contributed by atoms with E-state index in [1.165, 1.54) is 18.9 Å². The van der Waals surface area contributed by atoms with Crippen molar-refractivity contribution in [2.24, 2.45) is 5.92 Å². The van der Waals surface area contributed by atoms with Crippen LogP contribution in [0.3, 0.4) is 0 Å². The molecule has 0 aliphatic heterocycles. The Bertz CT molecular complexity index is 1250. The normalized spacial score (nSPS) is 11.9. The topological polar surface area (TPSA) is 99.5 Å². The highest BCUT2D eigenvalue weighted by Crippen LogP contribution is 2.24. The number of nitrogens with zero attached hydrogens (tertiary/aromatic N) is 2. The highest BCUT2D eigenvalue weighted by atomic mass is 32.2. The van der Waals surface area contributed by atoms with Crippen LogP contribution in [0.1, 0.15) is 36.7 Å². The molecule has 0 fully saturated rings. The van der Waals surface area contributed by atoms with Crippen molar-refractivity contribution in [3.8, 4) is 5.75 Å². The molecule has 3 rings (SSSR count). The van der Waals surface area contributed by atoms with Gasteiger partial charge < -0.3 is 14.8 Å². The first-order valence-electron chi connectivity index (χ1n) is 11.4. The third-order valence-corrected chi connectivity index (χ3v) is 6.50. The van der Waals surface area contributed by atoms with Crippen molar-refractivity contribution in [1.29, 1.82) is 0 Å². The minimum Gasteiger partial charge on any atom is -0.497 e. The summed E-state index contributed by atoms with van der Waals surface area (Å²) in [6, 6.07) is 12.4. The first kappa shape index (κ1) is 26.3. The summed E-state index contributed by atoms with van der Waals surface area (Å²) in [5.74, 6) is 0.349. The smallest absolute Gasteiger partial charge is 0.337 e. The van der Waals surface area contributed by atoms with E-state index in [-0.39, 0.29) is 17.4 Å². The number of hydrogen-bond donors (Lipinski definition) is 1. The fourth-order valence-corrected chi connectivity index (χ4v) is 4.48. The largest absolute Gasteiger partial charge is 0.497 e. The Morgan fingerprint density at radius 2 is 1.80 bits per heavy atom. The number of amides is 1. The number of benzene rings is 2. The molecule has 0 saturated carbocycles. The summed E-state index contributed by atoms with van der Waals surface area (Å²) in [6.07, 6.45) is 0.690. The molecule has 0 aliphatic rings. The van der Waals surface area contributed by atoms with Crippen molar-refractivity contribution in [3.63, 3.8) is 0 Å². The zero-order valence-corrected chi connectivity index (χ0v) is 21.5. The molecule has 186 valence electrons. The lowest BCUT2D eigenvalue weighted by Crippen LogP contribution is -2.33. The van der Waals surface area contributed by atoms with Crippen LogP contribution in [0.25, 0.3) is 10.9 Å². The summed E-state index contributed by atoms with van der Waals surface area (Å²) in [5.41, 5.74) is 1.60. The second kappa shape index (κ2) is 11.9. The maximum absolute atomic E-state index is 13.2. The molecule has 35 heavy (non-hydrogen) atoms. The van der Waals surface area contributed by atoms with Crippen molar-refractivity contribution in [1.82, 2.24) is 14.9 Å². The van der Waals surface area contributed by atoms with Crippen LogP contribution in [0, 0.1) is 5.92 Å². The van der Waals surface area contributed by atoms with E-state index in [2.05, 4.69) is 10.3 Å². The van der Waals surface area contributed by atoms with E-state index >= 15 is 0 Å². The van der Waals surface area contributed by atoms with Crippen molar-refractivity contribution >= 4 is 34.5 Å². The number of ether oxygens (including phenoxy) is 2. The molecule has 0 aliphatic carbocycles. The van der Waals surface area contributed by atoms with Crippen molar-refractivity contribution < 1.29 is 19.1 Å². The van der Waals surface area contributed by atoms with Crippen LogP contribution in [-0.2, 0) is 22.5 Å². The van der Waals surface area contributed by atoms with Crippen LogP contribution < -0.4 is 15.6 Å². The third-order valence-electron chi connectivity index (χ3n) is 5.41. The van der Waals surface area contributed by atoms with Crippen molar-refractivity contribution in [3.05, 3.63) is 63.9 Å². The molecule has 8 nitrogen and oxygen atoms in total. The number of thioether (sulfide) groups is 1. The van der Waals surface area contributed by atoms with Crippen molar-refractivity contribution in [2.45, 2.75) is 44.1 Å². The van der Waals surface area contributed by atoms with Crippen LogP contribution in [0.15, 0.2) is 52.4 Å². The molecular weight excluding hydrogens is 466 g/mol. The molecule has 1 unspecified atom stereocenters. The van der Waals surface area contributed by atoms with Crippen LogP contribution in [-0.4, -0.2) is 47.4 Å². The number of methoxy groups -OCH3 is 2. The van der Waals surface area contributed by atoms with Gasteiger partial charge in [-0.05, 0) is 55.2 Å². The minimum atomic E-state index is -0.501. The molecule has 0 saturated heterocycles. The van der Waals surface area contributed by atoms with Crippen LogP contribution in [0.5, 0.6) is 5.75 Å². The lowest BCUT2D eigenvalue weighted by Gasteiger charge is -2.18. The fraction of sp³-hybridized carbons (Fsp3) is 0.385. The van der Waals surface area contributed by atoms with E-state index in [0.717, 1.165) is 11.3 Å². The van der Waals surface area contributed by atoms with Crippen molar-refractivity contribution in [2.75, 3.05) is 20.8 Å². The highest BCUT2D eigenvalue weighted by Gasteiger charge is 2.20. The lowest BCUT2D eigenvalue weighted by molar-refractivity contribution is -0.120. The van der Waals surface area contributed by atoms with Gasteiger partial charge in [0.25, 0.3) is 5.56 Å². The first-order chi connectivity index (χ1) is 16.7. The molecule has 9 heteroatoms. The summed E-state index contributed by atoms with van der Waals surface area (Å²) in [6.45, 7) is 6.77. The number of aromatic nitrogens is 2. The zero-order valence-electron chi connectivity index (χ0n) is 20.7. The summed E-state index contributed by atoms with van der Waals surface area (Å²) >= 11 is 1.23. The first-order valence-corrected chi connectivity index (χ1v) is 12.3. The average molecular weight is 498 g/mol. The number of carbonyl (C=O) groups excluding carboxylic acids is 2. The summed E-state index contributed by atoms with van der Waals surface area (Å²) in [4.78, 5) is 42.6. The van der Waals surface area contributed by atoms with Crippen LogP contribution in [0.2, 0.25) is 0 Å². The fourth-order valence-electron chi connectivity index (χ4n) is 3.54. The molecule has 0 radical (unpaired) electrons. The maximum atomic E-state index is 13.2. The van der Waals surface area contributed by atoms with E-state index in [9.17, 15) is 14.4 Å². The number of esters is 1. The predicted octanol–water partition coefficient (Wildman–Crippen LogP) is 3.69. The molecule has 3 aromatic rings. The monoisotopic (exact) mass is 497 g/mol. The lowest BCUT2D eigenvalue weighted by atomic mass is 10.1. The number of rotatable bonds is 10. The Kier molecular flexibility index (Phi) is 8.92. The number of carbonyl (C=O) groups is 2. The summed E-state index contributed by atoms with van der Waals surface area (Å²) < 4.78 is 11.6. The molecule has 1 aromatic heterocycles. The number of nitrogens with one attached hydrogen (secondary N) is 1.